The van der Waals surface area contributed by atoms with E-state index in [0.717, 1.165) is 5.39 Å². The zero-order valence-electron chi connectivity index (χ0n) is 10.2. The lowest BCUT2D eigenvalue weighted by Crippen LogP contribution is -2.12. The SMILES string of the molecule is NC(=Nc1ccc(F)c(Cl)c1)c1onc2ccccc12. The molecule has 0 fully saturated rings. The quantitative estimate of drug-likeness (QED) is 0.578. The van der Waals surface area contributed by atoms with Crippen molar-refractivity contribution in [3.63, 3.8) is 0 Å². The van der Waals surface area contributed by atoms with Gasteiger partial charge in [-0.05, 0) is 30.3 Å². The van der Waals surface area contributed by atoms with E-state index in [2.05, 4.69) is 10.1 Å². The smallest absolute Gasteiger partial charge is 0.209 e. The fourth-order valence-corrected chi connectivity index (χ4v) is 1.99. The molecular formula is C14H9ClFN3O. The van der Waals surface area contributed by atoms with E-state index in [1.807, 2.05) is 24.3 Å². The molecule has 0 saturated carbocycles. The van der Waals surface area contributed by atoms with Crippen LogP contribution in [0.2, 0.25) is 5.02 Å². The maximum absolute atomic E-state index is 13.1. The standard InChI is InChI=1S/C14H9ClFN3O/c15-10-7-8(5-6-11(10)16)18-14(17)13-9-3-1-2-4-12(9)19-20-13/h1-7H,(H2,17,18). The van der Waals surface area contributed by atoms with E-state index in [1.54, 1.807) is 0 Å². The number of aliphatic imine (C=N–C) groups is 1. The number of fused-ring (bicyclic) bond motifs is 1. The summed E-state index contributed by atoms with van der Waals surface area (Å²) in [5, 5.41) is 4.64. The Kier molecular flexibility index (Phi) is 3.12. The summed E-state index contributed by atoms with van der Waals surface area (Å²) in [5.41, 5.74) is 7.04. The summed E-state index contributed by atoms with van der Waals surface area (Å²) >= 11 is 5.70. The summed E-state index contributed by atoms with van der Waals surface area (Å²) in [6.07, 6.45) is 0. The van der Waals surface area contributed by atoms with Crippen LogP contribution in [0.25, 0.3) is 10.9 Å². The summed E-state index contributed by atoms with van der Waals surface area (Å²) < 4.78 is 18.3. The third kappa shape index (κ3) is 2.23. The van der Waals surface area contributed by atoms with Gasteiger partial charge in [0.2, 0.25) is 5.76 Å². The van der Waals surface area contributed by atoms with E-state index in [0.29, 0.717) is 17.0 Å². The normalized spacial score (nSPS) is 12.0. The zero-order chi connectivity index (χ0) is 14.1. The van der Waals surface area contributed by atoms with Crippen molar-refractivity contribution in [1.82, 2.24) is 5.16 Å². The third-order valence-corrected chi connectivity index (χ3v) is 3.06. The van der Waals surface area contributed by atoms with Crippen molar-refractivity contribution >= 4 is 34.0 Å². The Labute approximate surface area is 118 Å². The molecule has 0 spiro atoms. The van der Waals surface area contributed by atoms with Gasteiger partial charge < -0.3 is 10.3 Å². The van der Waals surface area contributed by atoms with Crippen LogP contribution in [-0.2, 0) is 0 Å². The lowest BCUT2D eigenvalue weighted by Gasteiger charge is -1.99. The number of rotatable bonds is 2. The van der Waals surface area contributed by atoms with Crippen molar-refractivity contribution in [2.24, 2.45) is 10.7 Å². The molecule has 2 N–H and O–H groups in total. The molecule has 3 rings (SSSR count). The van der Waals surface area contributed by atoms with Gasteiger partial charge in [0, 0.05) is 0 Å². The number of nitrogens with two attached hydrogens (primary N) is 1. The fraction of sp³-hybridized carbons (Fsp3) is 0. The van der Waals surface area contributed by atoms with Crippen LogP contribution in [0.15, 0.2) is 52.0 Å². The van der Waals surface area contributed by atoms with E-state index in [9.17, 15) is 4.39 Å². The molecule has 0 aliphatic heterocycles. The minimum Gasteiger partial charge on any atom is -0.380 e. The first-order chi connectivity index (χ1) is 9.65. The number of hydrogen-bond acceptors (Lipinski definition) is 3. The number of nitrogens with zero attached hydrogens (tertiary/aromatic N) is 2. The number of aromatic nitrogens is 1. The van der Waals surface area contributed by atoms with E-state index in [4.69, 9.17) is 21.9 Å². The predicted octanol–water partition coefficient (Wildman–Crippen LogP) is 3.66. The molecule has 100 valence electrons. The van der Waals surface area contributed by atoms with Gasteiger partial charge in [0.05, 0.1) is 16.1 Å². The van der Waals surface area contributed by atoms with Crippen LogP contribution < -0.4 is 5.73 Å². The Bertz CT molecular complexity index is 813. The average molecular weight is 290 g/mol. The maximum atomic E-state index is 13.1. The van der Waals surface area contributed by atoms with Gasteiger partial charge in [-0.1, -0.05) is 28.9 Å². The first-order valence-electron chi connectivity index (χ1n) is 5.79. The molecule has 2 aromatic carbocycles. The van der Waals surface area contributed by atoms with Crippen LogP contribution >= 0.6 is 11.6 Å². The predicted molar refractivity (Wildman–Crippen MR) is 75.8 cm³/mol. The minimum atomic E-state index is -0.505. The van der Waals surface area contributed by atoms with Crippen molar-refractivity contribution in [3.05, 3.63) is 59.1 Å². The highest BCUT2D eigenvalue weighted by Crippen LogP contribution is 2.23. The summed E-state index contributed by atoms with van der Waals surface area (Å²) in [7, 11) is 0. The van der Waals surface area contributed by atoms with Crippen LogP contribution in [0, 0.1) is 5.82 Å². The second kappa shape index (κ2) is 4.94. The Hall–Kier alpha value is -2.40. The Morgan fingerprint density at radius 3 is 2.85 bits per heavy atom. The third-order valence-electron chi connectivity index (χ3n) is 2.77. The van der Waals surface area contributed by atoms with Crippen LogP contribution in [-0.4, -0.2) is 11.0 Å². The second-order valence-electron chi connectivity index (χ2n) is 4.12. The van der Waals surface area contributed by atoms with Crippen LogP contribution in [0.5, 0.6) is 0 Å². The molecule has 1 aromatic heterocycles. The molecule has 0 radical (unpaired) electrons. The molecule has 4 nitrogen and oxygen atoms in total. The van der Waals surface area contributed by atoms with Gasteiger partial charge in [0.15, 0.2) is 5.84 Å². The Morgan fingerprint density at radius 1 is 1.25 bits per heavy atom. The van der Waals surface area contributed by atoms with E-state index < -0.39 is 5.82 Å². The molecule has 3 aromatic rings. The van der Waals surface area contributed by atoms with E-state index >= 15 is 0 Å². The number of benzene rings is 2. The zero-order valence-corrected chi connectivity index (χ0v) is 10.9. The number of halogens is 2. The summed E-state index contributed by atoms with van der Waals surface area (Å²) in [6.45, 7) is 0. The molecule has 20 heavy (non-hydrogen) atoms. The van der Waals surface area contributed by atoms with Crippen LogP contribution in [0.4, 0.5) is 10.1 Å². The second-order valence-corrected chi connectivity index (χ2v) is 4.53. The van der Waals surface area contributed by atoms with Crippen molar-refractivity contribution in [2.45, 2.75) is 0 Å². The molecule has 0 unspecified atom stereocenters. The molecule has 1 heterocycles. The summed E-state index contributed by atoms with van der Waals surface area (Å²) in [4.78, 5) is 4.16. The Balaban J connectivity index is 2.05. The van der Waals surface area contributed by atoms with E-state index in [-0.39, 0.29) is 10.9 Å². The van der Waals surface area contributed by atoms with Gasteiger partial charge in [-0.15, -0.1) is 0 Å². The molecule has 0 aliphatic rings. The number of amidine groups is 1. The highest BCUT2D eigenvalue weighted by Gasteiger charge is 2.11. The van der Waals surface area contributed by atoms with Gasteiger partial charge >= 0.3 is 0 Å². The van der Waals surface area contributed by atoms with Crippen molar-refractivity contribution in [3.8, 4) is 0 Å². The highest BCUT2D eigenvalue weighted by molar-refractivity contribution is 6.31. The first kappa shape index (κ1) is 12.6. The minimum absolute atomic E-state index is 0.0125. The average Bonchev–Trinajstić information content (AvgIpc) is 2.87. The topological polar surface area (TPSA) is 64.4 Å². The molecule has 6 heteroatoms. The van der Waals surface area contributed by atoms with Gasteiger partial charge in [-0.3, -0.25) is 0 Å². The lowest BCUT2D eigenvalue weighted by atomic mass is 10.2. The van der Waals surface area contributed by atoms with Crippen molar-refractivity contribution in [1.29, 1.82) is 0 Å². The Morgan fingerprint density at radius 2 is 2.05 bits per heavy atom. The first-order valence-corrected chi connectivity index (χ1v) is 6.17. The molecule has 0 saturated heterocycles. The van der Waals surface area contributed by atoms with Gasteiger partial charge in [-0.25, -0.2) is 9.38 Å². The monoisotopic (exact) mass is 289 g/mol. The number of hydrogen-bond donors (Lipinski definition) is 1. The van der Waals surface area contributed by atoms with Gasteiger partial charge in [0.25, 0.3) is 0 Å². The van der Waals surface area contributed by atoms with Crippen molar-refractivity contribution in [2.75, 3.05) is 0 Å². The van der Waals surface area contributed by atoms with Gasteiger partial charge in [-0.2, -0.15) is 0 Å². The molecule has 0 bridgehead atoms. The fourth-order valence-electron chi connectivity index (χ4n) is 1.82. The maximum Gasteiger partial charge on any atom is 0.209 e. The van der Waals surface area contributed by atoms with Crippen molar-refractivity contribution < 1.29 is 8.91 Å². The molecule has 0 atom stereocenters. The highest BCUT2D eigenvalue weighted by atomic mass is 35.5. The van der Waals surface area contributed by atoms with Crippen LogP contribution in [0.3, 0.4) is 0 Å². The molecule has 0 amide bonds. The molecular weight excluding hydrogens is 281 g/mol. The van der Waals surface area contributed by atoms with Gasteiger partial charge in [0.1, 0.15) is 11.3 Å². The van der Waals surface area contributed by atoms with E-state index in [1.165, 1.54) is 18.2 Å². The summed E-state index contributed by atoms with van der Waals surface area (Å²) in [5.74, 6) is 0.0247. The largest absolute Gasteiger partial charge is 0.380 e. The van der Waals surface area contributed by atoms with Crippen LogP contribution in [0.1, 0.15) is 5.76 Å². The molecule has 0 aliphatic carbocycles. The summed E-state index contributed by atoms with van der Waals surface area (Å²) in [6, 6.07) is 11.4. The lowest BCUT2D eigenvalue weighted by molar-refractivity contribution is 0.421.